The summed E-state index contributed by atoms with van der Waals surface area (Å²) in [7, 11) is 1.53. The number of piperidine rings is 1. The van der Waals surface area contributed by atoms with Crippen LogP contribution in [0, 0.1) is 17.2 Å². The van der Waals surface area contributed by atoms with Crippen LogP contribution in [0.2, 0.25) is 0 Å². The van der Waals surface area contributed by atoms with Crippen molar-refractivity contribution in [1.29, 1.82) is 5.26 Å². The third-order valence-corrected chi connectivity index (χ3v) is 7.98. The predicted molar refractivity (Wildman–Crippen MR) is 158 cm³/mol. The minimum atomic E-state index is -4.55. The summed E-state index contributed by atoms with van der Waals surface area (Å²) in [6.07, 6.45) is -2.56. The lowest BCUT2D eigenvalue weighted by atomic mass is 9.96. The number of aromatic nitrogens is 4. The summed E-state index contributed by atoms with van der Waals surface area (Å²) in [6.45, 7) is 0.723. The molecule has 2 aromatic heterocycles. The molecule has 1 amide bonds. The lowest BCUT2D eigenvalue weighted by Gasteiger charge is -2.31. The van der Waals surface area contributed by atoms with Crippen LogP contribution in [-0.4, -0.2) is 46.0 Å². The van der Waals surface area contributed by atoms with Gasteiger partial charge in [-0.15, -0.1) is 0 Å². The molecule has 14 heteroatoms. The van der Waals surface area contributed by atoms with Gasteiger partial charge in [-0.3, -0.25) is 9.59 Å². The SMILES string of the molecule is COc1cccc(-c2nc(SCc3ccc(NC(=O)C4CCN(c5nccc(C(F)(F)F)n5)CC4)cc3)[nH]c(=O)c2C#N)c1. The van der Waals surface area contributed by atoms with E-state index in [1.54, 1.807) is 41.3 Å². The molecular weight excluding hydrogens is 595 g/mol. The third-order valence-electron chi connectivity index (χ3n) is 7.03. The number of methoxy groups -OCH3 is 1. The van der Waals surface area contributed by atoms with Gasteiger partial charge in [-0.2, -0.15) is 18.4 Å². The van der Waals surface area contributed by atoms with Crippen molar-refractivity contribution in [3.63, 3.8) is 0 Å². The second-order valence-electron chi connectivity index (χ2n) is 9.91. The Morgan fingerprint density at radius 3 is 2.59 bits per heavy atom. The molecule has 0 spiro atoms. The average molecular weight is 622 g/mol. The van der Waals surface area contributed by atoms with E-state index in [0.29, 0.717) is 53.8 Å². The molecule has 2 N–H and O–H groups in total. The van der Waals surface area contributed by atoms with Gasteiger partial charge in [0.05, 0.1) is 12.8 Å². The Balaban J connectivity index is 1.17. The number of anilines is 2. The number of hydrogen-bond donors (Lipinski definition) is 2. The molecule has 0 saturated carbocycles. The first-order valence-electron chi connectivity index (χ1n) is 13.5. The van der Waals surface area contributed by atoms with E-state index in [4.69, 9.17) is 4.74 Å². The smallest absolute Gasteiger partial charge is 0.433 e. The first-order valence-corrected chi connectivity index (χ1v) is 14.5. The number of carbonyl (C=O) groups is 1. The van der Waals surface area contributed by atoms with Crippen molar-refractivity contribution in [3.05, 3.63) is 88.0 Å². The van der Waals surface area contributed by atoms with E-state index in [1.165, 1.54) is 18.9 Å². The number of carbonyl (C=O) groups excluding carboxylic acids is 1. The summed E-state index contributed by atoms with van der Waals surface area (Å²) < 4.78 is 44.2. The number of thioether (sulfide) groups is 1. The monoisotopic (exact) mass is 621 g/mol. The molecule has 44 heavy (non-hydrogen) atoms. The Hall–Kier alpha value is -4.90. The number of H-pyrrole nitrogens is 1. The van der Waals surface area contributed by atoms with Gasteiger partial charge in [-0.05, 0) is 48.7 Å². The zero-order valence-corrected chi connectivity index (χ0v) is 24.2. The summed E-state index contributed by atoms with van der Waals surface area (Å²) in [5.74, 6) is 0.581. The quantitative estimate of drug-likeness (QED) is 0.199. The molecule has 1 aliphatic rings. The van der Waals surface area contributed by atoms with E-state index in [9.17, 15) is 28.0 Å². The van der Waals surface area contributed by atoms with Crippen molar-refractivity contribution in [2.24, 2.45) is 5.92 Å². The van der Waals surface area contributed by atoms with Gasteiger partial charge in [0.15, 0.2) is 5.16 Å². The number of ether oxygens (including phenoxy) is 1. The second-order valence-corrected chi connectivity index (χ2v) is 10.9. The summed E-state index contributed by atoms with van der Waals surface area (Å²) in [4.78, 5) is 41.9. The first-order chi connectivity index (χ1) is 21.1. The summed E-state index contributed by atoms with van der Waals surface area (Å²) in [5, 5.41) is 12.8. The maximum atomic E-state index is 13.0. The van der Waals surface area contributed by atoms with Gasteiger partial charge >= 0.3 is 6.18 Å². The number of rotatable bonds is 8. The number of halogens is 3. The fraction of sp³-hybridized carbons (Fsp3) is 0.267. The Labute approximate surface area is 254 Å². The summed E-state index contributed by atoms with van der Waals surface area (Å²) in [6, 6.07) is 17.0. The Bertz CT molecular complexity index is 1750. The molecule has 3 heterocycles. The molecule has 0 atom stereocenters. The number of nitrogens with zero attached hydrogens (tertiary/aromatic N) is 5. The standard InChI is InChI=1S/C30H26F3N7O3S/c1-43-22-4-2-3-20(15-22)25-23(16-34)27(42)39-29(38-25)44-17-18-5-7-21(8-6-18)36-26(41)19-10-13-40(14-11-19)28-35-12-9-24(37-28)30(31,32)33/h2-9,12,15,19H,10-11,13-14,17H2,1H3,(H,36,41)(H,38,39,42). The molecule has 0 unspecified atom stereocenters. The predicted octanol–water partition coefficient (Wildman–Crippen LogP) is 5.27. The molecule has 1 saturated heterocycles. The molecule has 0 radical (unpaired) electrons. The number of aromatic amines is 1. The highest BCUT2D eigenvalue weighted by Crippen LogP contribution is 2.30. The van der Waals surface area contributed by atoms with Crippen LogP contribution in [0.15, 0.2) is 70.7 Å². The van der Waals surface area contributed by atoms with Crippen molar-refractivity contribution < 1.29 is 22.7 Å². The van der Waals surface area contributed by atoms with Crippen LogP contribution in [0.4, 0.5) is 24.8 Å². The molecule has 1 aliphatic heterocycles. The summed E-state index contributed by atoms with van der Waals surface area (Å²) >= 11 is 1.30. The van der Waals surface area contributed by atoms with Crippen LogP contribution >= 0.6 is 11.8 Å². The summed E-state index contributed by atoms with van der Waals surface area (Å²) in [5.41, 5.74) is 0.762. The van der Waals surface area contributed by atoms with Crippen molar-refractivity contribution in [2.75, 3.05) is 30.4 Å². The van der Waals surface area contributed by atoms with Crippen molar-refractivity contribution in [2.45, 2.75) is 29.9 Å². The van der Waals surface area contributed by atoms with Crippen LogP contribution in [0.3, 0.4) is 0 Å². The maximum Gasteiger partial charge on any atom is 0.433 e. The highest BCUT2D eigenvalue weighted by molar-refractivity contribution is 7.98. The normalized spacial score (nSPS) is 13.8. The minimum absolute atomic E-state index is 0.00365. The third kappa shape index (κ3) is 7.17. The number of amides is 1. The molecule has 226 valence electrons. The molecule has 4 aromatic rings. The highest BCUT2D eigenvalue weighted by Gasteiger charge is 2.34. The molecule has 0 bridgehead atoms. The number of benzene rings is 2. The molecule has 1 fully saturated rings. The minimum Gasteiger partial charge on any atom is -0.497 e. The number of alkyl halides is 3. The van der Waals surface area contributed by atoms with Gasteiger partial charge in [-0.1, -0.05) is 36.0 Å². The molecule has 5 rings (SSSR count). The van der Waals surface area contributed by atoms with Gasteiger partial charge in [-0.25, -0.2) is 15.0 Å². The van der Waals surface area contributed by atoms with E-state index < -0.39 is 17.4 Å². The van der Waals surface area contributed by atoms with Crippen molar-refractivity contribution in [1.82, 2.24) is 19.9 Å². The number of hydrogen-bond acceptors (Lipinski definition) is 9. The molecule has 0 aliphatic carbocycles. The zero-order chi connectivity index (χ0) is 31.3. The van der Waals surface area contributed by atoms with Crippen LogP contribution < -0.4 is 20.5 Å². The van der Waals surface area contributed by atoms with Crippen LogP contribution in [0.5, 0.6) is 5.75 Å². The molecule has 10 nitrogen and oxygen atoms in total. The van der Waals surface area contributed by atoms with Gasteiger partial charge < -0.3 is 19.9 Å². The zero-order valence-electron chi connectivity index (χ0n) is 23.4. The topological polar surface area (TPSA) is 137 Å². The van der Waals surface area contributed by atoms with Crippen molar-refractivity contribution >= 4 is 29.3 Å². The van der Waals surface area contributed by atoms with Gasteiger partial charge in [0, 0.05) is 42.2 Å². The Kier molecular flexibility index (Phi) is 9.15. The second kappa shape index (κ2) is 13.2. The fourth-order valence-corrected chi connectivity index (χ4v) is 5.50. The highest BCUT2D eigenvalue weighted by atomic mass is 32.2. The molecular formula is C30H26F3N7O3S. The fourth-order valence-electron chi connectivity index (χ4n) is 4.68. The van der Waals surface area contributed by atoms with Crippen LogP contribution in [-0.2, 0) is 16.7 Å². The van der Waals surface area contributed by atoms with Crippen LogP contribution in [0.25, 0.3) is 11.3 Å². The number of nitriles is 1. The van der Waals surface area contributed by atoms with Gasteiger partial charge in [0.2, 0.25) is 11.9 Å². The van der Waals surface area contributed by atoms with Crippen molar-refractivity contribution in [3.8, 4) is 23.1 Å². The van der Waals surface area contributed by atoms with E-state index in [0.717, 1.165) is 17.8 Å². The first kappa shape index (κ1) is 30.6. The van der Waals surface area contributed by atoms with E-state index in [1.807, 2.05) is 18.2 Å². The number of nitrogens with one attached hydrogen (secondary N) is 2. The van der Waals surface area contributed by atoms with E-state index in [-0.39, 0.29) is 29.0 Å². The average Bonchev–Trinajstić information content (AvgIpc) is 3.04. The van der Waals surface area contributed by atoms with E-state index >= 15 is 0 Å². The lowest BCUT2D eigenvalue weighted by molar-refractivity contribution is -0.141. The maximum absolute atomic E-state index is 13.0. The van der Waals surface area contributed by atoms with Crippen LogP contribution in [0.1, 0.15) is 29.7 Å². The largest absolute Gasteiger partial charge is 0.497 e. The molecule has 2 aromatic carbocycles. The van der Waals surface area contributed by atoms with Gasteiger partial charge in [0.1, 0.15) is 23.1 Å². The Morgan fingerprint density at radius 1 is 1.16 bits per heavy atom. The Morgan fingerprint density at radius 2 is 1.91 bits per heavy atom. The van der Waals surface area contributed by atoms with Gasteiger partial charge in [0.25, 0.3) is 5.56 Å². The lowest BCUT2D eigenvalue weighted by Crippen LogP contribution is -2.39. The van der Waals surface area contributed by atoms with E-state index in [2.05, 4.69) is 25.3 Å².